The molecule has 0 spiro atoms. The molecule has 1 amide bonds. The first-order chi connectivity index (χ1) is 5.54. The fourth-order valence-corrected chi connectivity index (χ4v) is 0.189. The molecule has 0 aromatic heterocycles. The van der Waals surface area contributed by atoms with E-state index in [4.69, 9.17) is 5.11 Å². The van der Waals surface area contributed by atoms with E-state index >= 15 is 0 Å². The molecule has 0 radical (unpaired) electrons. The standard InChI is InChI=1S/C4H8O3.C3H7NO/c1-7-3-2-4(5)6;1-2-3(4)5/h2-3H2,1H3,(H,5,6);2H2,1H3,(H2,4,5). The van der Waals surface area contributed by atoms with Crippen molar-refractivity contribution >= 4 is 11.9 Å². The molecule has 5 heteroatoms. The summed E-state index contributed by atoms with van der Waals surface area (Å²) < 4.78 is 4.47. The maximum absolute atomic E-state index is 9.68. The van der Waals surface area contributed by atoms with Gasteiger partial charge in [-0.15, -0.1) is 0 Å². The van der Waals surface area contributed by atoms with E-state index in [0.29, 0.717) is 13.0 Å². The monoisotopic (exact) mass is 177 g/mol. The minimum absolute atomic E-state index is 0.0938. The van der Waals surface area contributed by atoms with Crippen LogP contribution in [0.4, 0.5) is 0 Å². The Morgan fingerprint density at radius 2 is 1.92 bits per heavy atom. The summed E-state index contributed by atoms with van der Waals surface area (Å²) >= 11 is 0. The summed E-state index contributed by atoms with van der Waals surface area (Å²) in [5.41, 5.74) is 4.65. The Hall–Kier alpha value is -1.10. The molecule has 0 aromatic rings. The number of hydrogen-bond acceptors (Lipinski definition) is 3. The van der Waals surface area contributed by atoms with Crippen LogP contribution >= 0.6 is 0 Å². The predicted molar refractivity (Wildman–Crippen MR) is 43.6 cm³/mol. The molecular weight excluding hydrogens is 162 g/mol. The van der Waals surface area contributed by atoms with E-state index in [1.807, 2.05) is 0 Å². The highest BCUT2D eigenvalue weighted by atomic mass is 16.5. The Bertz CT molecular complexity index is 135. The van der Waals surface area contributed by atoms with E-state index in [0.717, 1.165) is 0 Å². The molecule has 5 nitrogen and oxygen atoms in total. The molecule has 3 N–H and O–H groups in total. The second-order valence-corrected chi connectivity index (χ2v) is 1.96. The first-order valence-corrected chi connectivity index (χ1v) is 3.53. The molecule has 0 bridgehead atoms. The lowest BCUT2D eigenvalue weighted by atomic mass is 10.5. The molecule has 0 heterocycles. The first-order valence-electron chi connectivity index (χ1n) is 3.53. The molecule has 0 rings (SSSR count). The van der Waals surface area contributed by atoms with E-state index in [1.165, 1.54) is 7.11 Å². The largest absolute Gasteiger partial charge is 0.481 e. The van der Waals surface area contributed by atoms with Crippen molar-refractivity contribution in [2.75, 3.05) is 13.7 Å². The van der Waals surface area contributed by atoms with Gasteiger partial charge < -0.3 is 15.6 Å². The zero-order valence-electron chi connectivity index (χ0n) is 7.37. The summed E-state index contributed by atoms with van der Waals surface area (Å²) in [6, 6.07) is 0. The van der Waals surface area contributed by atoms with Crippen molar-refractivity contribution in [2.45, 2.75) is 19.8 Å². The lowest BCUT2D eigenvalue weighted by Crippen LogP contribution is -2.06. The summed E-state index contributed by atoms with van der Waals surface area (Å²) in [7, 11) is 1.48. The van der Waals surface area contributed by atoms with Crippen molar-refractivity contribution in [1.82, 2.24) is 0 Å². The molecule has 0 saturated carbocycles. The first kappa shape index (κ1) is 13.5. The van der Waals surface area contributed by atoms with Crippen LogP contribution in [-0.2, 0) is 14.3 Å². The van der Waals surface area contributed by atoms with Crippen molar-refractivity contribution in [2.24, 2.45) is 5.73 Å². The van der Waals surface area contributed by atoms with Gasteiger partial charge in [-0.05, 0) is 0 Å². The quantitative estimate of drug-likeness (QED) is 0.632. The molecule has 0 unspecified atom stereocenters. The van der Waals surface area contributed by atoms with E-state index < -0.39 is 5.97 Å². The van der Waals surface area contributed by atoms with Gasteiger partial charge >= 0.3 is 5.97 Å². The molecule has 0 aliphatic heterocycles. The summed E-state index contributed by atoms with van der Waals surface area (Å²) in [6.07, 6.45) is 0.538. The molecule has 0 aliphatic rings. The summed E-state index contributed by atoms with van der Waals surface area (Å²) in [5, 5.41) is 7.96. The molecule has 0 fully saturated rings. The van der Waals surface area contributed by atoms with Gasteiger partial charge in [-0.1, -0.05) is 6.92 Å². The Kier molecular flexibility index (Phi) is 11.1. The van der Waals surface area contributed by atoms with Crippen LogP contribution in [0.25, 0.3) is 0 Å². The third-order valence-corrected chi connectivity index (χ3v) is 0.869. The van der Waals surface area contributed by atoms with Gasteiger partial charge in [0.15, 0.2) is 0 Å². The number of amides is 1. The fraction of sp³-hybridized carbons (Fsp3) is 0.714. The number of carbonyl (C=O) groups excluding carboxylic acids is 1. The number of methoxy groups -OCH3 is 1. The Balaban J connectivity index is 0. The van der Waals surface area contributed by atoms with Crippen molar-refractivity contribution < 1.29 is 19.4 Å². The highest BCUT2D eigenvalue weighted by Gasteiger charge is 1.91. The van der Waals surface area contributed by atoms with Crippen LogP contribution in [0.3, 0.4) is 0 Å². The highest BCUT2D eigenvalue weighted by Crippen LogP contribution is 1.76. The zero-order valence-corrected chi connectivity index (χ0v) is 7.37. The second-order valence-electron chi connectivity index (χ2n) is 1.96. The normalized spacial score (nSPS) is 8.17. The topological polar surface area (TPSA) is 89.6 Å². The molecule has 0 aliphatic carbocycles. The Morgan fingerprint density at radius 3 is 2.00 bits per heavy atom. The average Bonchev–Trinajstić information content (AvgIpc) is 2.02. The van der Waals surface area contributed by atoms with Crippen molar-refractivity contribution in [3.05, 3.63) is 0 Å². The van der Waals surface area contributed by atoms with Crippen LogP contribution in [0.1, 0.15) is 19.8 Å². The van der Waals surface area contributed by atoms with Crippen LogP contribution in [0.2, 0.25) is 0 Å². The third-order valence-electron chi connectivity index (χ3n) is 0.869. The number of primary amides is 1. The highest BCUT2D eigenvalue weighted by molar-refractivity contribution is 5.73. The summed E-state index contributed by atoms with van der Waals surface area (Å²) in [4.78, 5) is 19.3. The smallest absolute Gasteiger partial charge is 0.305 e. The maximum atomic E-state index is 9.68. The van der Waals surface area contributed by atoms with Crippen LogP contribution in [0, 0.1) is 0 Å². The molecule has 0 atom stereocenters. The Labute approximate surface area is 71.5 Å². The van der Waals surface area contributed by atoms with E-state index in [2.05, 4.69) is 10.5 Å². The van der Waals surface area contributed by atoms with Crippen molar-refractivity contribution in [3.63, 3.8) is 0 Å². The molecule has 72 valence electrons. The van der Waals surface area contributed by atoms with Gasteiger partial charge in [0.2, 0.25) is 5.91 Å². The lowest BCUT2D eigenvalue weighted by molar-refractivity contribution is -0.138. The number of carboxylic acid groups (broad SMARTS) is 1. The zero-order chi connectivity index (χ0) is 9.98. The maximum Gasteiger partial charge on any atom is 0.305 e. The number of carboxylic acids is 1. The number of carbonyl (C=O) groups is 2. The van der Waals surface area contributed by atoms with E-state index in [9.17, 15) is 9.59 Å². The van der Waals surface area contributed by atoms with E-state index in [-0.39, 0.29) is 12.3 Å². The van der Waals surface area contributed by atoms with E-state index in [1.54, 1.807) is 6.92 Å². The number of aliphatic carboxylic acids is 1. The Morgan fingerprint density at radius 1 is 1.50 bits per heavy atom. The summed E-state index contributed by atoms with van der Waals surface area (Å²) in [6.45, 7) is 2.03. The van der Waals surface area contributed by atoms with Gasteiger partial charge in [0.05, 0.1) is 13.0 Å². The lowest BCUT2D eigenvalue weighted by Gasteiger charge is -1.88. The molecule has 0 saturated heterocycles. The second kappa shape index (κ2) is 9.90. The van der Waals surface area contributed by atoms with Gasteiger partial charge in [0, 0.05) is 13.5 Å². The minimum Gasteiger partial charge on any atom is -0.481 e. The number of rotatable bonds is 4. The van der Waals surface area contributed by atoms with Crippen LogP contribution in [0.15, 0.2) is 0 Å². The number of ether oxygens (including phenoxy) is 1. The molecular formula is C7H15NO4. The fourth-order valence-electron chi connectivity index (χ4n) is 0.189. The molecule has 12 heavy (non-hydrogen) atoms. The third kappa shape index (κ3) is 23.1. The van der Waals surface area contributed by atoms with Crippen LogP contribution in [-0.4, -0.2) is 30.7 Å². The summed E-state index contributed by atoms with van der Waals surface area (Å²) in [5.74, 6) is -1.06. The van der Waals surface area contributed by atoms with Crippen LogP contribution < -0.4 is 5.73 Å². The van der Waals surface area contributed by atoms with Crippen LogP contribution in [0.5, 0.6) is 0 Å². The molecule has 0 aromatic carbocycles. The minimum atomic E-state index is -0.818. The van der Waals surface area contributed by atoms with Gasteiger partial charge in [0.25, 0.3) is 0 Å². The number of nitrogens with two attached hydrogens (primary N) is 1. The van der Waals surface area contributed by atoms with Gasteiger partial charge in [-0.2, -0.15) is 0 Å². The van der Waals surface area contributed by atoms with Gasteiger partial charge in [-0.25, -0.2) is 0 Å². The van der Waals surface area contributed by atoms with Crippen molar-refractivity contribution in [1.29, 1.82) is 0 Å². The SMILES string of the molecule is CCC(N)=O.COCCC(=O)O. The van der Waals surface area contributed by atoms with Gasteiger partial charge in [-0.3, -0.25) is 9.59 Å². The number of hydrogen-bond donors (Lipinski definition) is 2. The van der Waals surface area contributed by atoms with Gasteiger partial charge in [0.1, 0.15) is 0 Å². The average molecular weight is 177 g/mol. The van der Waals surface area contributed by atoms with Crippen molar-refractivity contribution in [3.8, 4) is 0 Å². The predicted octanol–water partition coefficient (Wildman–Crippen LogP) is -0.0108.